The summed E-state index contributed by atoms with van der Waals surface area (Å²) >= 11 is 3.51. The van der Waals surface area contributed by atoms with Crippen LogP contribution in [0.3, 0.4) is 0 Å². The Hall–Kier alpha value is -1.62. The number of hydrogen-bond acceptors (Lipinski definition) is 4. The third-order valence-electron chi connectivity index (χ3n) is 2.94. The fourth-order valence-corrected chi connectivity index (χ4v) is 2.69. The Morgan fingerprint density at radius 2 is 1.75 bits per heavy atom. The van der Waals surface area contributed by atoms with Crippen molar-refractivity contribution in [3.8, 4) is 0 Å². The zero-order chi connectivity index (χ0) is 14.5. The van der Waals surface area contributed by atoms with Crippen LogP contribution in [0.15, 0.2) is 29.0 Å². The zero-order valence-corrected chi connectivity index (χ0v) is 13.6. The van der Waals surface area contributed by atoms with Crippen LogP contribution >= 0.6 is 15.9 Å². The minimum absolute atomic E-state index is 0.750. The van der Waals surface area contributed by atoms with Crippen LogP contribution in [0.1, 0.15) is 24.5 Å². The molecule has 1 aromatic carbocycles. The van der Waals surface area contributed by atoms with Crippen molar-refractivity contribution in [1.29, 1.82) is 0 Å². The smallest absolute Gasteiger partial charge is 0.151 e. The number of anilines is 3. The van der Waals surface area contributed by atoms with Gasteiger partial charge < -0.3 is 10.6 Å². The van der Waals surface area contributed by atoms with Crippen LogP contribution in [-0.4, -0.2) is 16.5 Å². The molecule has 106 valence electrons. The maximum absolute atomic E-state index is 4.51. The molecule has 2 N–H and O–H groups in total. The molecule has 1 aromatic heterocycles. The van der Waals surface area contributed by atoms with Gasteiger partial charge in [-0.25, -0.2) is 4.98 Å². The highest BCUT2D eigenvalue weighted by Gasteiger charge is 2.06. The Kier molecular flexibility index (Phi) is 4.95. The van der Waals surface area contributed by atoms with E-state index in [2.05, 4.69) is 69.4 Å². The van der Waals surface area contributed by atoms with Crippen LogP contribution in [0.5, 0.6) is 0 Å². The van der Waals surface area contributed by atoms with Crippen molar-refractivity contribution in [2.24, 2.45) is 0 Å². The zero-order valence-electron chi connectivity index (χ0n) is 12.0. The number of aryl methyl sites for hydroxylation is 2. The summed E-state index contributed by atoms with van der Waals surface area (Å²) in [5.41, 5.74) is 3.42. The second-order valence-corrected chi connectivity index (χ2v) is 5.67. The van der Waals surface area contributed by atoms with Gasteiger partial charge in [-0.05, 0) is 43.5 Å². The fraction of sp³-hybridized carbons (Fsp3) is 0.333. The van der Waals surface area contributed by atoms with Gasteiger partial charge in [0, 0.05) is 16.7 Å². The molecule has 0 saturated carbocycles. The van der Waals surface area contributed by atoms with Gasteiger partial charge in [0.2, 0.25) is 0 Å². The molecule has 0 saturated heterocycles. The SMILES string of the molecule is CCCNc1cncc(Nc2c(C)cc(Br)cc2C)n1. The lowest BCUT2D eigenvalue weighted by Gasteiger charge is -2.13. The van der Waals surface area contributed by atoms with Crippen molar-refractivity contribution in [3.05, 3.63) is 40.1 Å². The Morgan fingerprint density at radius 1 is 1.10 bits per heavy atom. The summed E-state index contributed by atoms with van der Waals surface area (Å²) in [4.78, 5) is 8.73. The molecule has 0 atom stereocenters. The minimum Gasteiger partial charge on any atom is -0.369 e. The summed E-state index contributed by atoms with van der Waals surface area (Å²) in [7, 11) is 0. The van der Waals surface area contributed by atoms with Crippen molar-refractivity contribution in [2.75, 3.05) is 17.2 Å². The van der Waals surface area contributed by atoms with E-state index in [9.17, 15) is 0 Å². The van der Waals surface area contributed by atoms with Gasteiger partial charge in [0.1, 0.15) is 5.82 Å². The highest BCUT2D eigenvalue weighted by Crippen LogP contribution is 2.27. The van der Waals surface area contributed by atoms with Gasteiger partial charge in [-0.3, -0.25) is 4.98 Å². The lowest BCUT2D eigenvalue weighted by Crippen LogP contribution is -2.05. The maximum Gasteiger partial charge on any atom is 0.151 e. The molecule has 2 rings (SSSR count). The molecule has 0 fully saturated rings. The molecule has 0 aliphatic carbocycles. The average molecular weight is 335 g/mol. The standard InChI is InChI=1S/C15H19BrN4/c1-4-5-18-13-8-17-9-14(19-13)20-15-10(2)6-12(16)7-11(15)3/h6-9H,4-5H2,1-3H3,(H2,18,19,20). The first kappa shape index (κ1) is 14.8. The molecular formula is C15H19BrN4. The number of rotatable bonds is 5. The van der Waals surface area contributed by atoms with E-state index in [4.69, 9.17) is 0 Å². The van der Waals surface area contributed by atoms with Crippen LogP contribution in [0, 0.1) is 13.8 Å². The van der Waals surface area contributed by atoms with E-state index in [0.717, 1.165) is 34.8 Å². The molecule has 2 aromatic rings. The monoisotopic (exact) mass is 334 g/mol. The number of halogens is 1. The largest absolute Gasteiger partial charge is 0.369 e. The van der Waals surface area contributed by atoms with E-state index in [-0.39, 0.29) is 0 Å². The fourth-order valence-electron chi connectivity index (χ4n) is 2.00. The van der Waals surface area contributed by atoms with E-state index in [1.165, 1.54) is 11.1 Å². The molecule has 5 heteroatoms. The van der Waals surface area contributed by atoms with Crippen LogP contribution in [0.4, 0.5) is 17.3 Å². The summed E-state index contributed by atoms with van der Waals surface area (Å²) in [5.74, 6) is 1.55. The average Bonchev–Trinajstić information content (AvgIpc) is 2.41. The molecule has 0 radical (unpaired) electrons. The highest BCUT2D eigenvalue weighted by molar-refractivity contribution is 9.10. The lowest BCUT2D eigenvalue weighted by atomic mass is 10.1. The number of aromatic nitrogens is 2. The van der Waals surface area contributed by atoms with Gasteiger partial charge in [0.25, 0.3) is 0 Å². The first-order valence-electron chi connectivity index (χ1n) is 6.70. The number of nitrogens with one attached hydrogen (secondary N) is 2. The van der Waals surface area contributed by atoms with Gasteiger partial charge in [-0.2, -0.15) is 0 Å². The predicted octanol–water partition coefficient (Wildman–Crippen LogP) is 4.42. The van der Waals surface area contributed by atoms with Crippen LogP contribution in [-0.2, 0) is 0 Å². The Balaban J connectivity index is 2.22. The van der Waals surface area contributed by atoms with E-state index in [1.54, 1.807) is 12.4 Å². The van der Waals surface area contributed by atoms with Gasteiger partial charge >= 0.3 is 0 Å². The Labute approximate surface area is 128 Å². The quantitative estimate of drug-likeness (QED) is 0.849. The number of nitrogens with zero attached hydrogens (tertiary/aromatic N) is 2. The number of hydrogen-bond donors (Lipinski definition) is 2. The van der Waals surface area contributed by atoms with Crippen LogP contribution in [0.2, 0.25) is 0 Å². The van der Waals surface area contributed by atoms with Crippen molar-refractivity contribution < 1.29 is 0 Å². The molecule has 0 unspecified atom stereocenters. The van der Waals surface area contributed by atoms with Crippen molar-refractivity contribution in [3.63, 3.8) is 0 Å². The molecule has 0 bridgehead atoms. The molecule has 20 heavy (non-hydrogen) atoms. The Bertz CT molecular complexity index is 575. The summed E-state index contributed by atoms with van der Waals surface area (Å²) < 4.78 is 1.09. The summed E-state index contributed by atoms with van der Waals surface area (Å²) in [6.07, 6.45) is 4.53. The van der Waals surface area contributed by atoms with Gasteiger partial charge in [-0.15, -0.1) is 0 Å². The van der Waals surface area contributed by atoms with Gasteiger partial charge in [0.15, 0.2) is 5.82 Å². The predicted molar refractivity (Wildman–Crippen MR) is 87.7 cm³/mol. The van der Waals surface area contributed by atoms with Gasteiger partial charge in [0.05, 0.1) is 12.4 Å². The van der Waals surface area contributed by atoms with Crippen molar-refractivity contribution in [2.45, 2.75) is 27.2 Å². The van der Waals surface area contributed by atoms with E-state index in [1.807, 2.05) is 0 Å². The van der Waals surface area contributed by atoms with Crippen molar-refractivity contribution >= 4 is 33.3 Å². The third-order valence-corrected chi connectivity index (χ3v) is 3.40. The van der Waals surface area contributed by atoms with E-state index < -0.39 is 0 Å². The molecule has 0 aliphatic heterocycles. The first-order chi connectivity index (χ1) is 9.60. The van der Waals surface area contributed by atoms with Crippen molar-refractivity contribution in [1.82, 2.24) is 9.97 Å². The number of benzene rings is 1. The first-order valence-corrected chi connectivity index (χ1v) is 7.49. The third kappa shape index (κ3) is 3.70. The summed E-state index contributed by atoms with van der Waals surface area (Å²) in [6.45, 7) is 7.17. The molecule has 0 spiro atoms. The molecule has 0 amide bonds. The Morgan fingerprint density at radius 3 is 2.40 bits per heavy atom. The second-order valence-electron chi connectivity index (χ2n) is 4.76. The molecule has 0 aliphatic rings. The molecule has 4 nitrogen and oxygen atoms in total. The lowest BCUT2D eigenvalue weighted by molar-refractivity contribution is 0.965. The van der Waals surface area contributed by atoms with E-state index in [0.29, 0.717) is 0 Å². The normalized spacial score (nSPS) is 10.4. The second kappa shape index (κ2) is 6.70. The van der Waals surface area contributed by atoms with Gasteiger partial charge in [-0.1, -0.05) is 22.9 Å². The maximum atomic E-state index is 4.51. The molecule has 1 heterocycles. The molecular weight excluding hydrogens is 316 g/mol. The topological polar surface area (TPSA) is 49.8 Å². The van der Waals surface area contributed by atoms with Crippen LogP contribution in [0.25, 0.3) is 0 Å². The summed E-state index contributed by atoms with van der Waals surface area (Å²) in [5, 5.41) is 6.59. The highest BCUT2D eigenvalue weighted by atomic mass is 79.9. The van der Waals surface area contributed by atoms with E-state index >= 15 is 0 Å². The summed E-state index contributed by atoms with van der Waals surface area (Å²) in [6, 6.07) is 4.17. The van der Waals surface area contributed by atoms with Crippen LogP contribution < -0.4 is 10.6 Å². The minimum atomic E-state index is 0.750.